The molecule has 0 radical (unpaired) electrons. The van der Waals surface area contributed by atoms with Crippen LogP contribution in [0.15, 0.2) is 30.8 Å². The molecule has 1 rings (SSSR count). The molecule has 0 aromatic heterocycles. The van der Waals surface area contributed by atoms with E-state index in [1.807, 2.05) is 6.08 Å². The van der Waals surface area contributed by atoms with Crippen molar-refractivity contribution >= 4 is 28.7 Å². The molecule has 0 unspecified atom stereocenters. The summed E-state index contributed by atoms with van der Waals surface area (Å²) in [7, 11) is 0. The van der Waals surface area contributed by atoms with Gasteiger partial charge >= 0.3 is 0 Å². The van der Waals surface area contributed by atoms with Crippen molar-refractivity contribution in [1.82, 2.24) is 0 Å². The van der Waals surface area contributed by atoms with Crippen LogP contribution in [0.2, 0.25) is 0 Å². The zero-order chi connectivity index (χ0) is 8.10. The predicted octanol–water partition coefficient (Wildman–Crippen LogP) is 3.31. The van der Waals surface area contributed by atoms with Crippen LogP contribution in [0.1, 0.15) is 11.1 Å². The van der Waals surface area contributed by atoms with Crippen LogP contribution in [-0.2, 0) is 6.42 Å². The Morgan fingerprint density at radius 3 is 2.36 bits per heavy atom. The van der Waals surface area contributed by atoms with Crippen LogP contribution in [-0.4, -0.2) is 4.43 Å². The summed E-state index contributed by atoms with van der Waals surface area (Å²) in [6.07, 6.45) is 3.03. The first-order valence-corrected chi connectivity index (χ1v) is 5.16. The molecule has 1 heteroatoms. The highest BCUT2D eigenvalue weighted by Crippen LogP contribution is 2.06. The molecule has 1 aromatic rings. The molecule has 0 bridgehead atoms. The van der Waals surface area contributed by atoms with Gasteiger partial charge < -0.3 is 0 Å². The molecule has 0 aliphatic carbocycles. The van der Waals surface area contributed by atoms with Crippen molar-refractivity contribution in [3.05, 3.63) is 42.0 Å². The maximum Gasteiger partial charge on any atom is 0.00358 e. The number of rotatable bonds is 3. The number of benzene rings is 1. The smallest absolute Gasteiger partial charge is 0.00358 e. The molecule has 58 valence electrons. The number of alkyl halides is 1. The highest BCUT2D eigenvalue weighted by molar-refractivity contribution is 14.1. The molecule has 0 fully saturated rings. The molecule has 0 saturated heterocycles. The van der Waals surface area contributed by atoms with Gasteiger partial charge in [-0.25, -0.2) is 0 Å². The van der Waals surface area contributed by atoms with E-state index in [-0.39, 0.29) is 0 Å². The van der Waals surface area contributed by atoms with Crippen molar-refractivity contribution in [2.45, 2.75) is 6.42 Å². The van der Waals surface area contributed by atoms with Gasteiger partial charge in [-0.05, 0) is 17.5 Å². The van der Waals surface area contributed by atoms with Gasteiger partial charge in [-0.1, -0.05) is 59.5 Å². The van der Waals surface area contributed by atoms with Gasteiger partial charge in [-0.2, -0.15) is 0 Å². The molecule has 0 aliphatic heterocycles. The van der Waals surface area contributed by atoms with Gasteiger partial charge in [-0.3, -0.25) is 0 Å². The Morgan fingerprint density at radius 1 is 1.27 bits per heavy atom. The van der Waals surface area contributed by atoms with Crippen LogP contribution in [0, 0.1) is 0 Å². The van der Waals surface area contributed by atoms with Gasteiger partial charge in [0.2, 0.25) is 0 Å². The number of halogens is 1. The van der Waals surface area contributed by atoms with E-state index in [1.165, 1.54) is 15.6 Å². The lowest BCUT2D eigenvalue weighted by molar-refractivity contribution is 1.18. The van der Waals surface area contributed by atoms with Crippen molar-refractivity contribution in [2.24, 2.45) is 0 Å². The SMILES string of the molecule is C=Cc1ccc(CCI)cc1. The summed E-state index contributed by atoms with van der Waals surface area (Å²) in [5, 5.41) is 0. The molecule has 0 spiro atoms. The molecule has 0 aliphatic rings. The number of hydrogen-bond donors (Lipinski definition) is 0. The fourth-order valence-corrected chi connectivity index (χ4v) is 1.55. The average molecular weight is 258 g/mol. The minimum Gasteiger partial charge on any atom is -0.0985 e. The van der Waals surface area contributed by atoms with Gasteiger partial charge in [0, 0.05) is 4.43 Å². The molecule has 0 amide bonds. The largest absolute Gasteiger partial charge is 0.0985 e. The molecule has 0 nitrogen and oxygen atoms in total. The zero-order valence-electron chi connectivity index (χ0n) is 6.39. The maximum absolute atomic E-state index is 3.71. The third-order valence-corrected chi connectivity index (χ3v) is 2.14. The standard InChI is InChI=1S/C10H11I/c1-2-9-3-5-10(6-4-9)7-8-11/h2-6H,1,7-8H2. The van der Waals surface area contributed by atoms with E-state index >= 15 is 0 Å². The number of hydrogen-bond acceptors (Lipinski definition) is 0. The zero-order valence-corrected chi connectivity index (χ0v) is 8.54. The Bertz CT molecular complexity index is 223. The summed E-state index contributed by atoms with van der Waals surface area (Å²) in [6, 6.07) is 8.54. The lowest BCUT2D eigenvalue weighted by Crippen LogP contribution is -1.84. The normalized spacial score (nSPS) is 9.55. The summed E-state index contributed by atoms with van der Waals surface area (Å²) < 4.78 is 1.19. The van der Waals surface area contributed by atoms with Crippen LogP contribution in [0.3, 0.4) is 0 Å². The Balaban J connectivity index is 2.74. The van der Waals surface area contributed by atoms with E-state index in [1.54, 1.807) is 0 Å². The highest BCUT2D eigenvalue weighted by Gasteiger charge is 1.89. The van der Waals surface area contributed by atoms with E-state index in [0.29, 0.717) is 0 Å². The van der Waals surface area contributed by atoms with Crippen LogP contribution >= 0.6 is 22.6 Å². The van der Waals surface area contributed by atoms with Crippen molar-refractivity contribution in [3.63, 3.8) is 0 Å². The Kier molecular flexibility index (Phi) is 3.63. The van der Waals surface area contributed by atoms with E-state index in [9.17, 15) is 0 Å². The average Bonchev–Trinajstić information content (AvgIpc) is 2.07. The van der Waals surface area contributed by atoms with E-state index in [4.69, 9.17) is 0 Å². The molecule has 0 saturated carbocycles. The minimum atomic E-state index is 1.16. The number of aryl methyl sites for hydroxylation is 1. The van der Waals surface area contributed by atoms with Crippen molar-refractivity contribution in [1.29, 1.82) is 0 Å². The second-order valence-corrected chi connectivity index (χ2v) is 3.46. The first-order valence-electron chi connectivity index (χ1n) is 3.64. The summed E-state index contributed by atoms with van der Waals surface area (Å²) >= 11 is 2.39. The van der Waals surface area contributed by atoms with Crippen molar-refractivity contribution < 1.29 is 0 Å². The van der Waals surface area contributed by atoms with Crippen LogP contribution in [0.25, 0.3) is 6.08 Å². The fraction of sp³-hybridized carbons (Fsp3) is 0.200. The molecule has 1 aromatic carbocycles. The second kappa shape index (κ2) is 4.54. The first kappa shape index (κ1) is 8.78. The van der Waals surface area contributed by atoms with Crippen molar-refractivity contribution in [3.8, 4) is 0 Å². The van der Waals surface area contributed by atoms with Gasteiger partial charge in [0.15, 0.2) is 0 Å². The van der Waals surface area contributed by atoms with E-state index < -0.39 is 0 Å². The van der Waals surface area contributed by atoms with Crippen molar-refractivity contribution in [2.75, 3.05) is 4.43 Å². The topological polar surface area (TPSA) is 0 Å². The molecular weight excluding hydrogens is 247 g/mol. The second-order valence-electron chi connectivity index (χ2n) is 2.38. The third-order valence-electron chi connectivity index (χ3n) is 1.60. The molecule has 11 heavy (non-hydrogen) atoms. The van der Waals surface area contributed by atoms with Gasteiger partial charge in [0.25, 0.3) is 0 Å². The summed E-state index contributed by atoms with van der Waals surface area (Å²) in [6.45, 7) is 3.71. The third kappa shape index (κ3) is 2.66. The van der Waals surface area contributed by atoms with E-state index in [2.05, 4.69) is 53.4 Å². The van der Waals surface area contributed by atoms with Crippen LogP contribution < -0.4 is 0 Å². The maximum atomic E-state index is 3.71. The van der Waals surface area contributed by atoms with E-state index in [0.717, 1.165) is 6.42 Å². The minimum absolute atomic E-state index is 1.16. The van der Waals surface area contributed by atoms with Gasteiger partial charge in [0.1, 0.15) is 0 Å². The van der Waals surface area contributed by atoms with Gasteiger partial charge in [-0.15, -0.1) is 0 Å². The Hall–Kier alpha value is -0.310. The molecule has 0 heterocycles. The fourth-order valence-electron chi connectivity index (χ4n) is 0.929. The summed E-state index contributed by atoms with van der Waals surface area (Å²) in [5.74, 6) is 0. The first-order chi connectivity index (χ1) is 5.36. The quantitative estimate of drug-likeness (QED) is 0.576. The summed E-state index contributed by atoms with van der Waals surface area (Å²) in [5.41, 5.74) is 2.60. The molecule has 0 N–H and O–H groups in total. The van der Waals surface area contributed by atoms with Gasteiger partial charge in [0.05, 0.1) is 0 Å². The van der Waals surface area contributed by atoms with Crippen LogP contribution in [0.5, 0.6) is 0 Å². The lowest BCUT2D eigenvalue weighted by atomic mass is 10.1. The molecular formula is C10H11I. The summed E-state index contributed by atoms with van der Waals surface area (Å²) in [4.78, 5) is 0. The molecule has 0 atom stereocenters. The highest BCUT2D eigenvalue weighted by atomic mass is 127. The monoisotopic (exact) mass is 258 g/mol. The van der Waals surface area contributed by atoms with Crippen LogP contribution in [0.4, 0.5) is 0 Å². The Morgan fingerprint density at radius 2 is 1.91 bits per heavy atom. The predicted molar refractivity (Wildman–Crippen MR) is 59.1 cm³/mol. The Labute approximate surface area is 81.5 Å². The lowest BCUT2D eigenvalue weighted by Gasteiger charge is -1.97.